The Hall–Kier alpha value is -1.54. The van der Waals surface area contributed by atoms with Crippen molar-refractivity contribution in [3.8, 4) is 12.3 Å². The van der Waals surface area contributed by atoms with Gasteiger partial charge in [0, 0.05) is 6.42 Å². The lowest BCUT2D eigenvalue weighted by atomic mass is 10.0. The molecule has 0 saturated carbocycles. The molecule has 0 aromatic rings. The van der Waals surface area contributed by atoms with E-state index >= 15 is 0 Å². The number of terminal acetylenes is 1. The first-order valence-electron chi connectivity index (χ1n) is 5.07. The van der Waals surface area contributed by atoms with E-state index in [1.807, 2.05) is 6.92 Å². The highest BCUT2D eigenvalue weighted by Gasteiger charge is 2.29. The van der Waals surface area contributed by atoms with Gasteiger partial charge in [0.1, 0.15) is 6.04 Å². The maximum Gasteiger partial charge on any atom is 0.327 e. The van der Waals surface area contributed by atoms with E-state index in [2.05, 4.69) is 16.6 Å². The molecule has 0 aromatic carbocycles. The summed E-state index contributed by atoms with van der Waals surface area (Å²) in [5, 5.41) is 14.2. The zero-order chi connectivity index (χ0) is 12.8. The van der Waals surface area contributed by atoms with E-state index in [1.165, 1.54) is 0 Å². The predicted octanol–water partition coefficient (Wildman–Crippen LogP) is -0.0328. The van der Waals surface area contributed by atoms with Gasteiger partial charge in [-0.2, -0.15) is 0 Å². The summed E-state index contributed by atoms with van der Waals surface area (Å²) in [4.78, 5) is 22.5. The number of carboxylic acid groups (broad SMARTS) is 1. The molecule has 0 radical (unpaired) electrons. The van der Waals surface area contributed by atoms with Crippen molar-refractivity contribution >= 4 is 11.9 Å². The van der Waals surface area contributed by atoms with Crippen LogP contribution in [-0.2, 0) is 9.59 Å². The molecule has 0 spiro atoms. The van der Waals surface area contributed by atoms with Gasteiger partial charge in [-0.1, -0.05) is 6.92 Å². The number of carbonyl (C=O) groups excluding carboxylic acids is 1. The summed E-state index contributed by atoms with van der Waals surface area (Å²) in [5.74, 6) is 0.718. The topological polar surface area (TPSA) is 78.4 Å². The molecule has 16 heavy (non-hydrogen) atoms. The highest BCUT2D eigenvalue weighted by atomic mass is 16.4. The van der Waals surface area contributed by atoms with E-state index in [0.717, 1.165) is 0 Å². The van der Waals surface area contributed by atoms with Crippen LogP contribution in [0, 0.1) is 12.3 Å². The number of hydrogen-bond acceptors (Lipinski definition) is 3. The van der Waals surface area contributed by atoms with Crippen LogP contribution < -0.4 is 10.6 Å². The van der Waals surface area contributed by atoms with Gasteiger partial charge in [-0.25, -0.2) is 4.79 Å². The molecule has 5 nitrogen and oxygen atoms in total. The number of carbonyl (C=O) groups is 2. The minimum Gasteiger partial charge on any atom is -0.480 e. The van der Waals surface area contributed by atoms with Crippen molar-refractivity contribution in [1.29, 1.82) is 0 Å². The average Bonchev–Trinajstić information content (AvgIpc) is 2.16. The fraction of sp³-hybridized carbons (Fsp3) is 0.636. The first-order valence-corrected chi connectivity index (χ1v) is 5.07. The van der Waals surface area contributed by atoms with Gasteiger partial charge in [-0.3, -0.25) is 4.79 Å². The second-order valence-electron chi connectivity index (χ2n) is 3.93. The van der Waals surface area contributed by atoms with Crippen LogP contribution in [0.4, 0.5) is 0 Å². The predicted molar refractivity (Wildman–Crippen MR) is 60.8 cm³/mol. The number of carboxylic acids is 1. The summed E-state index contributed by atoms with van der Waals surface area (Å²) in [6.45, 7) is 5.85. The SMILES string of the molecule is C#CCC(NC(=O)C(C)(C)NCC)C(=O)O. The van der Waals surface area contributed by atoms with Gasteiger partial charge >= 0.3 is 5.97 Å². The largest absolute Gasteiger partial charge is 0.480 e. The van der Waals surface area contributed by atoms with Crippen molar-refractivity contribution in [2.75, 3.05) is 6.54 Å². The molecule has 0 bridgehead atoms. The summed E-state index contributed by atoms with van der Waals surface area (Å²) in [6.07, 6.45) is 5.01. The molecule has 5 heteroatoms. The molecule has 1 amide bonds. The van der Waals surface area contributed by atoms with Gasteiger partial charge in [0.15, 0.2) is 0 Å². The Labute approximate surface area is 95.6 Å². The van der Waals surface area contributed by atoms with E-state index in [1.54, 1.807) is 13.8 Å². The normalized spacial score (nSPS) is 12.6. The Balaban J connectivity index is 4.52. The minimum absolute atomic E-state index is 0.0245. The zero-order valence-electron chi connectivity index (χ0n) is 9.83. The summed E-state index contributed by atoms with van der Waals surface area (Å²) in [5.41, 5.74) is -0.808. The second-order valence-corrected chi connectivity index (χ2v) is 3.93. The molecule has 0 aromatic heterocycles. The standard InChI is InChI=1S/C11H18N2O3/c1-5-7-8(9(14)15)13-10(16)11(3,4)12-6-2/h1,8,12H,6-7H2,2-4H3,(H,13,16)(H,14,15). The lowest BCUT2D eigenvalue weighted by Gasteiger charge is -2.26. The van der Waals surface area contributed by atoms with Crippen LogP contribution in [0.3, 0.4) is 0 Å². The van der Waals surface area contributed by atoms with Crippen molar-refractivity contribution in [3.05, 3.63) is 0 Å². The molecular formula is C11H18N2O3. The molecule has 0 aliphatic carbocycles. The number of amides is 1. The summed E-state index contributed by atoms with van der Waals surface area (Å²) in [6, 6.07) is -1.03. The van der Waals surface area contributed by atoms with Crippen LogP contribution in [0.2, 0.25) is 0 Å². The van der Waals surface area contributed by atoms with Gasteiger partial charge < -0.3 is 15.7 Å². The van der Waals surface area contributed by atoms with Crippen LogP contribution in [0.25, 0.3) is 0 Å². The number of likely N-dealkylation sites (N-methyl/N-ethyl adjacent to an activating group) is 1. The van der Waals surface area contributed by atoms with Crippen LogP contribution in [0.15, 0.2) is 0 Å². The molecule has 1 unspecified atom stereocenters. The molecule has 0 fully saturated rings. The zero-order valence-corrected chi connectivity index (χ0v) is 9.83. The molecule has 0 rings (SSSR count). The maximum absolute atomic E-state index is 11.7. The third kappa shape index (κ3) is 4.32. The van der Waals surface area contributed by atoms with Crippen LogP contribution in [0.1, 0.15) is 27.2 Å². The minimum atomic E-state index is -1.13. The van der Waals surface area contributed by atoms with E-state index in [9.17, 15) is 9.59 Å². The van der Waals surface area contributed by atoms with Crippen molar-refractivity contribution < 1.29 is 14.7 Å². The van der Waals surface area contributed by atoms with E-state index < -0.39 is 17.6 Å². The molecule has 3 N–H and O–H groups in total. The maximum atomic E-state index is 11.7. The lowest BCUT2D eigenvalue weighted by molar-refractivity contribution is -0.142. The van der Waals surface area contributed by atoms with Crippen molar-refractivity contribution in [3.63, 3.8) is 0 Å². The molecule has 1 atom stereocenters. The summed E-state index contributed by atoms with van der Waals surface area (Å²) < 4.78 is 0. The number of hydrogen-bond donors (Lipinski definition) is 3. The Kier molecular flexibility index (Phi) is 5.54. The fourth-order valence-electron chi connectivity index (χ4n) is 1.18. The van der Waals surface area contributed by atoms with Gasteiger partial charge in [0.25, 0.3) is 0 Å². The van der Waals surface area contributed by atoms with E-state index in [-0.39, 0.29) is 12.3 Å². The van der Waals surface area contributed by atoms with Crippen molar-refractivity contribution in [2.24, 2.45) is 0 Å². The van der Waals surface area contributed by atoms with Crippen molar-refractivity contribution in [1.82, 2.24) is 10.6 Å². The second kappa shape index (κ2) is 6.13. The third-order valence-corrected chi connectivity index (χ3v) is 2.11. The average molecular weight is 226 g/mol. The van der Waals surface area contributed by atoms with Gasteiger partial charge in [-0.15, -0.1) is 12.3 Å². The Morgan fingerprint density at radius 2 is 2.06 bits per heavy atom. The first kappa shape index (κ1) is 14.5. The Morgan fingerprint density at radius 3 is 2.44 bits per heavy atom. The van der Waals surface area contributed by atoms with Crippen LogP contribution in [-0.4, -0.2) is 35.1 Å². The number of rotatable bonds is 6. The summed E-state index contributed by atoms with van der Waals surface area (Å²) >= 11 is 0. The number of aliphatic carboxylic acids is 1. The van der Waals surface area contributed by atoms with Gasteiger partial charge in [-0.05, 0) is 20.4 Å². The Bertz CT molecular complexity index is 305. The molecule has 0 aliphatic heterocycles. The third-order valence-electron chi connectivity index (χ3n) is 2.11. The Morgan fingerprint density at radius 1 is 1.50 bits per heavy atom. The molecule has 0 aliphatic rings. The molecule has 0 heterocycles. The summed E-state index contributed by atoms with van der Waals surface area (Å²) in [7, 11) is 0. The highest BCUT2D eigenvalue weighted by Crippen LogP contribution is 2.03. The quantitative estimate of drug-likeness (QED) is 0.556. The molecular weight excluding hydrogens is 208 g/mol. The molecule has 0 saturated heterocycles. The van der Waals surface area contributed by atoms with Gasteiger partial charge in [0.05, 0.1) is 5.54 Å². The van der Waals surface area contributed by atoms with Crippen molar-refractivity contribution in [2.45, 2.75) is 38.8 Å². The lowest BCUT2D eigenvalue weighted by Crippen LogP contribution is -2.56. The first-order chi connectivity index (χ1) is 7.35. The van der Waals surface area contributed by atoms with Crippen LogP contribution >= 0.6 is 0 Å². The fourth-order valence-corrected chi connectivity index (χ4v) is 1.18. The van der Waals surface area contributed by atoms with E-state index in [0.29, 0.717) is 6.54 Å². The van der Waals surface area contributed by atoms with Crippen LogP contribution in [0.5, 0.6) is 0 Å². The highest BCUT2D eigenvalue weighted by molar-refractivity contribution is 5.89. The van der Waals surface area contributed by atoms with Gasteiger partial charge in [0.2, 0.25) is 5.91 Å². The molecule has 90 valence electrons. The van der Waals surface area contributed by atoms with E-state index in [4.69, 9.17) is 11.5 Å². The monoisotopic (exact) mass is 226 g/mol. The smallest absolute Gasteiger partial charge is 0.327 e. The number of nitrogens with one attached hydrogen (secondary N) is 2.